The van der Waals surface area contributed by atoms with E-state index >= 15 is 0 Å². The quantitative estimate of drug-likeness (QED) is 0.0459. The second-order valence-electron chi connectivity index (χ2n) is 13.9. The van der Waals surface area contributed by atoms with Crippen LogP contribution in [0.15, 0.2) is 54.0 Å². The van der Waals surface area contributed by atoms with E-state index in [1.54, 1.807) is 30.4 Å². The normalized spacial score (nSPS) is 15.5. The Morgan fingerprint density at radius 3 is 2.58 bits per heavy atom. The van der Waals surface area contributed by atoms with Gasteiger partial charge in [0.2, 0.25) is 0 Å². The first-order chi connectivity index (χ1) is 25.2. The summed E-state index contributed by atoms with van der Waals surface area (Å²) in [6.07, 6.45) is 10.1. The van der Waals surface area contributed by atoms with Crippen molar-refractivity contribution < 1.29 is 14.4 Å². The molecule has 1 atom stereocenters. The van der Waals surface area contributed by atoms with E-state index in [4.69, 9.17) is 9.97 Å². The minimum atomic E-state index is -0.109. The highest BCUT2D eigenvalue weighted by atomic mass is 16.2. The minimum absolute atomic E-state index is 0.0458. The molecule has 52 heavy (non-hydrogen) atoms. The van der Waals surface area contributed by atoms with Crippen molar-refractivity contribution >= 4 is 47.3 Å². The number of carbonyl (C=O) groups is 3. The number of unbranched alkanes of at least 4 members (excludes halogenated alkanes) is 4. The van der Waals surface area contributed by atoms with Crippen LogP contribution in [0.3, 0.4) is 0 Å². The molecule has 0 spiro atoms. The molecule has 2 aromatic heterocycles. The van der Waals surface area contributed by atoms with Gasteiger partial charge in [-0.05, 0) is 84.3 Å². The molecule has 0 saturated carbocycles. The molecule has 0 aliphatic carbocycles. The summed E-state index contributed by atoms with van der Waals surface area (Å²) in [5, 5.41) is 3.35. The number of amides is 1. The van der Waals surface area contributed by atoms with E-state index in [1.165, 1.54) is 6.92 Å². The fraction of sp³-hybridized carbons (Fsp3) is 0.463. The largest absolute Gasteiger partial charge is 0.384 e. The molecule has 1 saturated heterocycles. The van der Waals surface area contributed by atoms with Crippen molar-refractivity contribution in [1.29, 1.82) is 0 Å². The van der Waals surface area contributed by atoms with Gasteiger partial charge in [-0.3, -0.25) is 24.3 Å². The van der Waals surface area contributed by atoms with Gasteiger partial charge in [-0.15, -0.1) is 0 Å². The van der Waals surface area contributed by atoms with Gasteiger partial charge < -0.3 is 20.0 Å². The van der Waals surface area contributed by atoms with Gasteiger partial charge in [0, 0.05) is 56.1 Å². The van der Waals surface area contributed by atoms with E-state index in [0.29, 0.717) is 53.9 Å². The molecule has 276 valence electrons. The maximum Gasteiger partial charge on any atom is 0.260 e. The lowest BCUT2D eigenvalue weighted by Gasteiger charge is -2.25. The van der Waals surface area contributed by atoms with E-state index in [9.17, 15) is 14.4 Å². The summed E-state index contributed by atoms with van der Waals surface area (Å²) < 4.78 is 0. The number of ketones is 1. The Bertz CT molecular complexity index is 1790. The summed E-state index contributed by atoms with van der Waals surface area (Å²) in [7, 11) is 3.86. The van der Waals surface area contributed by atoms with Crippen molar-refractivity contribution in [2.24, 2.45) is 4.99 Å². The lowest BCUT2D eigenvalue weighted by atomic mass is 10.0. The molecular formula is C41H54N8O3. The van der Waals surface area contributed by atoms with E-state index in [0.717, 1.165) is 99.3 Å². The van der Waals surface area contributed by atoms with E-state index in [-0.39, 0.29) is 11.7 Å². The summed E-state index contributed by atoms with van der Waals surface area (Å²) >= 11 is 0. The fourth-order valence-corrected chi connectivity index (χ4v) is 7.26. The third-order valence-corrected chi connectivity index (χ3v) is 10.1. The van der Waals surface area contributed by atoms with E-state index < -0.39 is 0 Å². The molecule has 1 N–H and O–H groups in total. The van der Waals surface area contributed by atoms with Gasteiger partial charge in [0.1, 0.15) is 11.6 Å². The first-order valence-electron chi connectivity index (χ1n) is 18.6. The highest BCUT2D eigenvalue weighted by Gasteiger charge is 2.35. The molecule has 4 heterocycles. The number of aldehydes is 1. The van der Waals surface area contributed by atoms with Crippen molar-refractivity contribution in [2.75, 3.05) is 55.4 Å². The number of nitrogens with one attached hydrogen (secondary N) is 1. The van der Waals surface area contributed by atoms with Crippen LogP contribution in [-0.2, 0) is 13.1 Å². The Kier molecular flexibility index (Phi) is 13.3. The lowest BCUT2D eigenvalue weighted by molar-refractivity contribution is 0.0992. The number of Topliss-reactive ketones (excluding diaryl/α,β-unsaturated/α-hetero) is 1. The SMILES string of the molecule is C=C(c1cccc(N2Cc3c(cc(N4CCCC4C)nc3CN(C)CCCCCCCNc3cccc(C=O)c3C(C)=O)C2=O)n1)N(C=NC)CC. The molecule has 2 aliphatic rings. The zero-order valence-corrected chi connectivity index (χ0v) is 31.5. The number of pyridine rings is 2. The molecule has 1 aromatic carbocycles. The van der Waals surface area contributed by atoms with Gasteiger partial charge in [0.05, 0.1) is 41.1 Å². The number of hydrogen-bond acceptors (Lipinski definition) is 9. The first-order valence-corrected chi connectivity index (χ1v) is 18.6. The second-order valence-corrected chi connectivity index (χ2v) is 13.9. The Morgan fingerprint density at radius 2 is 1.87 bits per heavy atom. The number of anilines is 3. The summed E-state index contributed by atoms with van der Waals surface area (Å²) in [4.78, 5) is 60.1. The van der Waals surface area contributed by atoms with Crippen LogP contribution in [0, 0.1) is 0 Å². The number of hydrogen-bond donors (Lipinski definition) is 1. The van der Waals surface area contributed by atoms with Crippen LogP contribution < -0.4 is 15.1 Å². The topological polar surface area (TPSA) is 114 Å². The number of aromatic nitrogens is 2. The van der Waals surface area contributed by atoms with Crippen LogP contribution in [0.2, 0.25) is 0 Å². The number of nitrogens with zero attached hydrogens (tertiary/aromatic N) is 7. The lowest BCUT2D eigenvalue weighted by Crippen LogP contribution is -2.28. The predicted octanol–water partition coefficient (Wildman–Crippen LogP) is 7.09. The Labute approximate surface area is 308 Å². The minimum Gasteiger partial charge on any atom is -0.384 e. The summed E-state index contributed by atoms with van der Waals surface area (Å²) in [5.41, 5.74) is 5.70. The molecule has 2 aliphatic heterocycles. The number of aliphatic imine (C=N–C) groups is 1. The van der Waals surface area contributed by atoms with E-state index in [2.05, 4.69) is 40.7 Å². The summed E-state index contributed by atoms with van der Waals surface area (Å²) in [5.74, 6) is 1.33. The maximum absolute atomic E-state index is 14.1. The maximum atomic E-state index is 14.1. The highest BCUT2D eigenvalue weighted by molar-refractivity contribution is 6.10. The van der Waals surface area contributed by atoms with Crippen LogP contribution in [0.5, 0.6) is 0 Å². The van der Waals surface area contributed by atoms with Crippen molar-refractivity contribution in [1.82, 2.24) is 19.8 Å². The van der Waals surface area contributed by atoms with Gasteiger partial charge in [-0.2, -0.15) is 0 Å². The van der Waals surface area contributed by atoms with Crippen LogP contribution in [0.1, 0.15) is 114 Å². The number of fused-ring (bicyclic) bond motifs is 1. The van der Waals surface area contributed by atoms with Crippen LogP contribution in [0.4, 0.5) is 17.3 Å². The number of benzene rings is 1. The second kappa shape index (κ2) is 18.0. The molecule has 1 unspecified atom stereocenters. The van der Waals surface area contributed by atoms with Gasteiger partial charge in [-0.25, -0.2) is 9.97 Å². The van der Waals surface area contributed by atoms with Gasteiger partial charge in [-0.1, -0.05) is 44.0 Å². The molecule has 1 amide bonds. The van der Waals surface area contributed by atoms with Gasteiger partial charge in [0.15, 0.2) is 12.1 Å². The molecule has 0 bridgehead atoms. The monoisotopic (exact) mass is 706 g/mol. The van der Waals surface area contributed by atoms with E-state index in [1.807, 2.05) is 42.2 Å². The van der Waals surface area contributed by atoms with Crippen molar-refractivity contribution in [3.63, 3.8) is 0 Å². The molecule has 3 aromatic rings. The molecule has 5 rings (SSSR count). The van der Waals surface area contributed by atoms with Crippen molar-refractivity contribution in [2.45, 2.75) is 84.8 Å². The summed E-state index contributed by atoms with van der Waals surface area (Å²) in [6, 6.07) is 13.4. The van der Waals surface area contributed by atoms with Crippen LogP contribution in [-0.4, -0.2) is 90.4 Å². The number of carbonyl (C=O) groups excluding carboxylic acids is 3. The van der Waals surface area contributed by atoms with Gasteiger partial charge in [0.25, 0.3) is 5.91 Å². The molecule has 1 fully saturated rings. The van der Waals surface area contributed by atoms with Crippen molar-refractivity contribution in [3.8, 4) is 0 Å². The van der Waals surface area contributed by atoms with Crippen LogP contribution >= 0.6 is 0 Å². The molecular weight excluding hydrogens is 653 g/mol. The number of rotatable bonds is 19. The van der Waals surface area contributed by atoms with Crippen LogP contribution in [0.25, 0.3) is 5.70 Å². The summed E-state index contributed by atoms with van der Waals surface area (Å²) in [6.45, 7) is 14.4. The third-order valence-electron chi connectivity index (χ3n) is 10.1. The third kappa shape index (κ3) is 8.93. The standard InChI is InChI=1S/C41H54N8O3/c1-7-47(28-42-5)30(3)35-18-14-20-38(44-35)49-25-34-33(41(49)52)24-39(48-23-15-16-29(48)2)45-37(34)26-46(6)22-12-10-8-9-11-21-43-36-19-13-17-32(27-50)40(36)31(4)51/h13-14,17-20,24,27-29,43H,3,7-12,15-16,21-23,25-26H2,1-2,4-6H3. The molecule has 0 radical (unpaired) electrons. The fourth-order valence-electron chi connectivity index (χ4n) is 7.26. The Morgan fingerprint density at radius 1 is 1.10 bits per heavy atom. The average molecular weight is 707 g/mol. The zero-order valence-electron chi connectivity index (χ0n) is 31.5. The first kappa shape index (κ1) is 38.3. The Balaban J connectivity index is 1.20. The van der Waals surface area contributed by atoms with Gasteiger partial charge >= 0.3 is 0 Å². The molecule has 11 heteroatoms. The molecule has 11 nitrogen and oxygen atoms in total. The smallest absolute Gasteiger partial charge is 0.260 e. The van der Waals surface area contributed by atoms with Crippen molar-refractivity contribution in [3.05, 3.63) is 82.7 Å². The highest BCUT2D eigenvalue weighted by Crippen LogP contribution is 2.34. The average Bonchev–Trinajstić information content (AvgIpc) is 3.73. The zero-order chi connectivity index (χ0) is 37.2. The Hall–Kier alpha value is -4.90. The predicted molar refractivity (Wildman–Crippen MR) is 211 cm³/mol.